The molecule has 130 valence electrons. The maximum Gasteiger partial charge on any atom is 0.275 e. The molecular weight excluding hydrogens is 316 g/mol. The van der Waals surface area contributed by atoms with Crippen molar-refractivity contribution in [2.24, 2.45) is 0 Å². The van der Waals surface area contributed by atoms with Gasteiger partial charge in [-0.1, -0.05) is 24.3 Å². The molecule has 6 nitrogen and oxygen atoms in total. The number of hydrogen-bond donors (Lipinski definition) is 1. The molecule has 6 heteroatoms. The summed E-state index contributed by atoms with van der Waals surface area (Å²) in [6.45, 7) is 2.44. The van der Waals surface area contributed by atoms with Gasteiger partial charge in [-0.15, -0.1) is 0 Å². The van der Waals surface area contributed by atoms with E-state index in [1.807, 2.05) is 17.0 Å². The van der Waals surface area contributed by atoms with Crippen LogP contribution in [-0.2, 0) is 4.74 Å². The van der Waals surface area contributed by atoms with Gasteiger partial charge in [0.15, 0.2) is 5.69 Å². The quantitative estimate of drug-likeness (QED) is 0.852. The van der Waals surface area contributed by atoms with Crippen molar-refractivity contribution in [3.63, 3.8) is 0 Å². The molecule has 1 amide bonds. The largest absolute Gasteiger partial charge is 0.369 e. The van der Waals surface area contributed by atoms with E-state index in [0.717, 1.165) is 42.4 Å². The lowest BCUT2D eigenvalue weighted by Crippen LogP contribution is -2.47. The molecule has 0 aliphatic carbocycles. The maximum atomic E-state index is 13.0. The van der Waals surface area contributed by atoms with Crippen LogP contribution < -0.4 is 0 Å². The van der Waals surface area contributed by atoms with E-state index >= 15 is 0 Å². The van der Waals surface area contributed by atoms with Crippen LogP contribution in [0.1, 0.15) is 35.0 Å². The summed E-state index contributed by atoms with van der Waals surface area (Å²) in [6, 6.07) is 6.96. The summed E-state index contributed by atoms with van der Waals surface area (Å²) in [5.41, 5.74) is 2.57. The first-order chi connectivity index (χ1) is 12.2. The molecule has 0 radical (unpaired) electrons. The number of piperazine rings is 1. The van der Waals surface area contributed by atoms with Gasteiger partial charge in [-0.25, -0.2) is 0 Å². The van der Waals surface area contributed by atoms with Gasteiger partial charge in [0.25, 0.3) is 5.91 Å². The molecule has 25 heavy (non-hydrogen) atoms. The second-order valence-corrected chi connectivity index (χ2v) is 7.35. The van der Waals surface area contributed by atoms with Crippen molar-refractivity contribution in [3.8, 4) is 0 Å². The molecule has 3 aliphatic rings. The molecule has 3 unspecified atom stereocenters. The molecule has 0 spiro atoms. The number of nitrogens with zero attached hydrogens (tertiary/aromatic N) is 3. The summed E-state index contributed by atoms with van der Waals surface area (Å²) in [5, 5.41) is 8.29. The highest BCUT2D eigenvalue weighted by molar-refractivity contribution is 6.05. The van der Waals surface area contributed by atoms with Crippen molar-refractivity contribution in [2.75, 3.05) is 26.7 Å². The van der Waals surface area contributed by atoms with Crippen molar-refractivity contribution >= 4 is 16.8 Å². The van der Waals surface area contributed by atoms with Crippen LogP contribution in [0, 0.1) is 0 Å². The van der Waals surface area contributed by atoms with Gasteiger partial charge in [-0.05, 0) is 31.5 Å². The lowest BCUT2D eigenvalue weighted by molar-refractivity contribution is 0.0646. The van der Waals surface area contributed by atoms with Crippen LogP contribution in [0.5, 0.6) is 0 Å². The highest BCUT2D eigenvalue weighted by atomic mass is 16.5. The van der Waals surface area contributed by atoms with Gasteiger partial charge in [0, 0.05) is 30.6 Å². The Morgan fingerprint density at radius 2 is 2.20 bits per heavy atom. The van der Waals surface area contributed by atoms with Crippen LogP contribution in [0.3, 0.4) is 0 Å². The number of nitrogens with one attached hydrogen (secondary N) is 1. The Morgan fingerprint density at radius 3 is 2.92 bits per heavy atom. The van der Waals surface area contributed by atoms with Gasteiger partial charge >= 0.3 is 0 Å². The summed E-state index contributed by atoms with van der Waals surface area (Å²) in [6.07, 6.45) is 6.25. The Kier molecular flexibility index (Phi) is 3.43. The third-order valence-corrected chi connectivity index (χ3v) is 5.85. The van der Waals surface area contributed by atoms with E-state index in [-0.39, 0.29) is 12.0 Å². The number of ether oxygens (including phenoxy) is 1. The Hall–Kier alpha value is -2.18. The summed E-state index contributed by atoms with van der Waals surface area (Å²) >= 11 is 0. The van der Waals surface area contributed by atoms with Crippen LogP contribution in [-0.4, -0.2) is 64.7 Å². The number of H-pyrrole nitrogens is 1. The Balaban J connectivity index is 1.43. The number of likely N-dealkylation sites (N-methyl/N-ethyl adjacent to an activating group) is 1. The fourth-order valence-electron chi connectivity index (χ4n) is 4.41. The maximum absolute atomic E-state index is 13.0. The molecule has 4 heterocycles. The first-order valence-electron chi connectivity index (χ1n) is 8.96. The van der Waals surface area contributed by atoms with Crippen LogP contribution in [0.4, 0.5) is 0 Å². The highest BCUT2D eigenvalue weighted by Crippen LogP contribution is 2.32. The number of amides is 1. The number of rotatable bonds is 2. The van der Waals surface area contributed by atoms with Crippen molar-refractivity contribution in [3.05, 3.63) is 41.6 Å². The fourth-order valence-corrected chi connectivity index (χ4v) is 4.41. The first-order valence-corrected chi connectivity index (χ1v) is 8.96. The molecule has 3 aliphatic heterocycles. The number of carbonyl (C=O) groups excluding carboxylic acids is 1. The SMILES string of the molecule is CN1CC2CC1CN2C(=O)c1n[nH]c2cc(C3CC=CCO3)ccc12. The molecule has 1 N–H and O–H groups in total. The minimum Gasteiger partial charge on any atom is -0.369 e. The van der Waals surface area contributed by atoms with Crippen molar-refractivity contribution in [2.45, 2.75) is 31.0 Å². The summed E-state index contributed by atoms with van der Waals surface area (Å²) in [5.74, 6) is 0.0523. The van der Waals surface area contributed by atoms with Gasteiger partial charge < -0.3 is 9.64 Å². The molecular formula is C19H22N4O2. The first kappa shape index (κ1) is 15.1. The topological polar surface area (TPSA) is 61.5 Å². The Bertz CT molecular complexity index is 856. The van der Waals surface area contributed by atoms with E-state index in [1.54, 1.807) is 0 Å². The van der Waals surface area contributed by atoms with E-state index in [1.165, 1.54) is 0 Å². The summed E-state index contributed by atoms with van der Waals surface area (Å²) in [7, 11) is 2.14. The Morgan fingerprint density at radius 1 is 1.28 bits per heavy atom. The van der Waals surface area contributed by atoms with Gasteiger partial charge in [0.05, 0.1) is 18.2 Å². The number of fused-ring (bicyclic) bond motifs is 3. The van der Waals surface area contributed by atoms with Gasteiger partial charge in [-0.2, -0.15) is 5.10 Å². The van der Waals surface area contributed by atoms with Crippen molar-refractivity contribution < 1.29 is 9.53 Å². The van der Waals surface area contributed by atoms with Crippen LogP contribution >= 0.6 is 0 Å². The van der Waals surface area contributed by atoms with E-state index in [0.29, 0.717) is 24.4 Å². The van der Waals surface area contributed by atoms with Crippen molar-refractivity contribution in [1.82, 2.24) is 20.0 Å². The van der Waals surface area contributed by atoms with Gasteiger partial charge in [-0.3, -0.25) is 14.8 Å². The number of aromatic nitrogens is 2. The molecule has 1 aromatic carbocycles. The minimum absolute atomic E-state index is 0.0523. The molecule has 5 rings (SSSR count). The molecule has 2 bridgehead atoms. The lowest BCUT2D eigenvalue weighted by Gasteiger charge is -2.31. The lowest BCUT2D eigenvalue weighted by atomic mass is 10.0. The normalized spacial score (nSPS) is 29.0. The Labute approximate surface area is 146 Å². The van der Waals surface area contributed by atoms with Crippen LogP contribution in [0.15, 0.2) is 30.4 Å². The smallest absolute Gasteiger partial charge is 0.275 e. The minimum atomic E-state index is 0.0523. The molecule has 2 fully saturated rings. The summed E-state index contributed by atoms with van der Waals surface area (Å²) < 4.78 is 5.79. The third kappa shape index (κ3) is 2.40. The molecule has 2 aromatic rings. The number of carbonyl (C=O) groups is 1. The zero-order valence-corrected chi connectivity index (χ0v) is 14.3. The third-order valence-electron chi connectivity index (χ3n) is 5.85. The van der Waals surface area contributed by atoms with E-state index in [2.05, 4.69) is 40.4 Å². The van der Waals surface area contributed by atoms with E-state index in [4.69, 9.17) is 4.74 Å². The predicted octanol–water partition coefficient (Wildman–Crippen LogP) is 2.11. The molecule has 2 saturated heterocycles. The second-order valence-electron chi connectivity index (χ2n) is 7.35. The number of hydrogen-bond acceptors (Lipinski definition) is 4. The van der Waals surface area contributed by atoms with E-state index < -0.39 is 0 Å². The van der Waals surface area contributed by atoms with Crippen LogP contribution in [0.25, 0.3) is 10.9 Å². The zero-order valence-electron chi connectivity index (χ0n) is 14.3. The fraction of sp³-hybridized carbons (Fsp3) is 0.474. The molecule has 3 atom stereocenters. The molecule has 1 aromatic heterocycles. The van der Waals surface area contributed by atoms with Crippen molar-refractivity contribution in [1.29, 1.82) is 0 Å². The van der Waals surface area contributed by atoms with Gasteiger partial charge in [0.1, 0.15) is 0 Å². The van der Waals surface area contributed by atoms with Crippen LogP contribution in [0.2, 0.25) is 0 Å². The van der Waals surface area contributed by atoms with E-state index in [9.17, 15) is 4.79 Å². The monoisotopic (exact) mass is 338 g/mol. The van der Waals surface area contributed by atoms with Gasteiger partial charge in [0.2, 0.25) is 0 Å². The second kappa shape index (κ2) is 5.68. The average molecular weight is 338 g/mol. The highest BCUT2D eigenvalue weighted by Gasteiger charge is 2.44. The number of benzene rings is 1. The number of likely N-dealkylation sites (tertiary alicyclic amines) is 2. The molecule has 0 saturated carbocycles. The zero-order chi connectivity index (χ0) is 17.0. The standard InChI is InChI=1S/C19H22N4O2/c1-22-10-14-9-13(22)11-23(14)19(24)18-15-6-5-12(8-16(15)20-21-18)17-4-2-3-7-25-17/h2-3,5-6,8,13-14,17H,4,7,9-11H2,1H3,(H,20,21). The number of aromatic amines is 1. The average Bonchev–Trinajstić information content (AvgIpc) is 3.34. The predicted molar refractivity (Wildman–Crippen MR) is 94.4 cm³/mol. The summed E-state index contributed by atoms with van der Waals surface area (Å²) in [4.78, 5) is 17.3.